The van der Waals surface area contributed by atoms with Crippen LogP contribution in [0.1, 0.15) is 19.8 Å². The van der Waals surface area contributed by atoms with Crippen LogP contribution in [0.25, 0.3) is 0 Å². The molecule has 6 nitrogen and oxygen atoms in total. The van der Waals surface area contributed by atoms with E-state index in [-0.39, 0.29) is 18.0 Å². The number of hydrogen-bond donors (Lipinski definition) is 1. The summed E-state index contributed by atoms with van der Waals surface area (Å²) in [6.45, 7) is -0.225. The highest BCUT2D eigenvalue weighted by Gasteiger charge is 2.45. The van der Waals surface area contributed by atoms with Gasteiger partial charge in [0.2, 0.25) is 0 Å². The van der Waals surface area contributed by atoms with E-state index < -0.39 is 36.8 Å². The molecule has 1 unspecified atom stereocenters. The molecular formula is C16H18F3NO5. The van der Waals surface area contributed by atoms with Crippen LogP contribution in [0.4, 0.5) is 13.2 Å². The van der Waals surface area contributed by atoms with Crippen LogP contribution in [0, 0.1) is 0 Å². The van der Waals surface area contributed by atoms with E-state index in [4.69, 9.17) is 4.74 Å². The van der Waals surface area contributed by atoms with E-state index in [0.717, 1.165) is 0 Å². The highest BCUT2D eigenvalue weighted by molar-refractivity contribution is 5.88. The van der Waals surface area contributed by atoms with Gasteiger partial charge in [-0.15, -0.1) is 0 Å². The van der Waals surface area contributed by atoms with Crippen molar-refractivity contribution in [3.05, 3.63) is 24.3 Å². The van der Waals surface area contributed by atoms with Crippen LogP contribution in [0.5, 0.6) is 11.5 Å². The largest absolute Gasteiger partial charge is 0.480 e. The topological polar surface area (TPSA) is 76.1 Å². The number of carbonyl (C=O) groups excluding carboxylic acids is 1. The molecule has 1 fully saturated rings. The van der Waals surface area contributed by atoms with E-state index in [1.54, 1.807) is 0 Å². The summed E-state index contributed by atoms with van der Waals surface area (Å²) in [5.74, 6) is -1.81. The molecule has 138 valence electrons. The number of para-hydroxylation sites is 2. The van der Waals surface area contributed by atoms with E-state index >= 15 is 0 Å². The predicted octanol–water partition coefficient (Wildman–Crippen LogP) is 2.47. The molecule has 0 aliphatic carbocycles. The van der Waals surface area contributed by atoms with E-state index in [1.807, 2.05) is 0 Å². The minimum atomic E-state index is -4.50. The van der Waals surface area contributed by atoms with Crippen LogP contribution in [-0.2, 0) is 9.59 Å². The number of amides is 1. The summed E-state index contributed by atoms with van der Waals surface area (Å²) in [6, 6.07) is 5.67. The first-order chi connectivity index (χ1) is 11.6. The highest BCUT2D eigenvalue weighted by atomic mass is 19.4. The maximum absolute atomic E-state index is 12.3. The molecule has 1 aliphatic heterocycles. The van der Waals surface area contributed by atoms with E-state index in [9.17, 15) is 27.9 Å². The lowest BCUT2D eigenvalue weighted by atomic mass is 9.99. The molecule has 1 aromatic carbocycles. The number of carbonyl (C=O) groups is 2. The Bertz CT molecular complexity index is 649. The molecule has 0 radical (unpaired) electrons. The third kappa shape index (κ3) is 4.55. The summed E-state index contributed by atoms with van der Waals surface area (Å²) in [7, 11) is 0. The van der Waals surface area contributed by atoms with E-state index in [1.165, 1.54) is 36.1 Å². The molecular weight excluding hydrogens is 343 g/mol. The first kappa shape index (κ1) is 18.9. The van der Waals surface area contributed by atoms with Gasteiger partial charge in [-0.25, -0.2) is 4.79 Å². The molecule has 0 saturated carbocycles. The molecule has 9 heteroatoms. The SMILES string of the molecule is CC1(C(=O)O)CCCN1C(=O)COc1ccccc1OCC(F)(F)F. The Morgan fingerprint density at radius 2 is 1.84 bits per heavy atom. The van der Waals surface area contributed by atoms with E-state index in [2.05, 4.69) is 4.74 Å². The predicted molar refractivity (Wildman–Crippen MR) is 80.5 cm³/mol. The van der Waals surface area contributed by atoms with Gasteiger partial charge in [0, 0.05) is 6.54 Å². The Morgan fingerprint density at radius 3 is 2.40 bits per heavy atom. The van der Waals surface area contributed by atoms with Crippen LogP contribution in [0.2, 0.25) is 0 Å². The second-order valence-electron chi connectivity index (χ2n) is 5.87. The maximum Gasteiger partial charge on any atom is 0.422 e. The van der Waals surface area contributed by atoms with Gasteiger partial charge in [-0.3, -0.25) is 4.79 Å². The number of alkyl halides is 3. The second-order valence-corrected chi connectivity index (χ2v) is 5.87. The maximum atomic E-state index is 12.3. The molecule has 1 aromatic rings. The average molecular weight is 361 g/mol. The number of nitrogens with zero attached hydrogens (tertiary/aromatic N) is 1. The number of likely N-dealkylation sites (tertiary alicyclic amines) is 1. The van der Waals surface area contributed by atoms with Gasteiger partial charge in [0.1, 0.15) is 5.54 Å². The molecule has 1 heterocycles. The Morgan fingerprint density at radius 1 is 1.24 bits per heavy atom. The van der Waals surface area contributed by atoms with Crippen LogP contribution in [-0.4, -0.2) is 53.4 Å². The molecule has 1 aliphatic rings. The number of halogens is 3. The van der Waals surface area contributed by atoms with Gasteiger partial charge in [0.15, 0.2) is 24.7 Å². The first-order valence-electron chi connectivity index (χ1n) is 7.59. The Kier molecular flexibility index (Phi) is 5.44. The number of carboxylic acids is 1. The fraction of sp³-hybridized carbons (Fsp3) is 0.500. The lowest BCUT2D eigenvalue weighted by Crippen LogP contribution is -2.52. The molecule has 1 atom stereocenters. The number of carboxylic acid groups (broad SMARTS) is 1. The van der Waals surface area contributed by atoms with Crippen molar-refractivity contribution >= 4 is 11.9 Å². The van der Waals surface area contributed by atoms with Crippen molar-refractivity contribution < 1.29 is 37.3 Å². The molecule has 0 aromatic heterocycles. The number of hydrogen-bond acceptors (Lipinski definition) is 4. The molecule has 2 rings (SSSR count). The van der Waals surface area contributed by atoms with Gasteiger partial charge in [-0.05, 0) is 31.9 Å². The lowest BCUT2D eigenvalue weighted by molar-refractivity contribution is -0.156. The van der Waals surface area contributed by atoms with Crippen LogP contribution in [0.3, 0.4) is 0 Å². The Labute approximate surface area is 142 Å². The summed E-state index contributed by atoms with van der Waals surface area (Å²) < 4.78 is 46.8. The summed E-state index contributed by atoms with van der Waals surface area (Å²) in [5, 5.41) is 9.31. The van der Waals surface area contributed by atoms with Gasteiger partial charge in [-0.2, -0.15) is 13.2 Å². The quantitative estimate of drug-likeness (QED) is 0.842. The summed E-state index contributed by atoms with van der Waals surface area (Å²) >= 11 is 0. The minimum Gasteiger partial charge on any atom is -0.480 e. The summed E-state index contributed by atoms with van der Waals surface area (Å²) in [6.07, 6.45) is -3.61. The zero-order valence-corrected chi connectivity index (χ0v) is 13.5. The van der Waals surface area contributed by atoms with Crippen molar-refractivity contribution in [2.45, 2.75) is 31.5 Å². The monoisotopic (exact) mass is 361 g/mol. The first-order valence-corrected chi connectivity index (χ1v) is 7.59. The second kappa shape index (κ2) is 7.20. The van der Waals surface area contributed by atoms with Crippen LogP contribution in [0.15, 0.2) is 24.3 Å². The number of benzene rings is 1. The molecule has 1 N–H and O–H groups in total. The van der Waals surface area contributed by atoms with Crippen LogP contribution >= 0.6 is 0 Å². The Hall–Kier alpha value is -2.45. The number of aliphatic carboxylic acids is 1. The van der Waals surface area contributed by atoms with Crippen molar-refractivity contribution in [1.82, 2.24) is 4.90 Å². The van der Waals surface area contributed by atoms with Crippen molar-refractivity contribution in [3.8, 4) is 11.5 Å². The van der Waals surface area contributed by atoms with Crippen molar-refractivity contribution in [1.29, 1.82) is 0 Å². The van der Waals surface area contributed by atoms with E-state index in [0.29, 0.717) is 12.8 Å². The molecule has 0 bridgehead atoms. The molecule has 0 spiro atoms. The fourth-order valence-electron chi connectivity index (χ4n) is 2.65. The summed E-state index contributed by atoms with van der Waals surface area (Å²) in [4.78, 5) is 24.9. The number of ether oxygens (including phenoxy) is 2. The summed E-state index contributed by atoms with van der Waals surface area (Å²) in [5.41, 5.74) is -1.30. The Balaban J connectivity index is 2.02. The molecule has 1 saturated heterocycles. The van der Waals surface area contributed by atoms with Gasteiger partial charge in [0.25, 0.3) is 5.91 Å². The molecule has 1 amide bonds. The lowest BCUT2D eigenvalue weighted by Gasteiger charge is -2.31. The minimum absolute atomic E-state index is 0.0173. The van der Waals surface area contributed by atoms with Gasteiger partial charge >= 0.3 is 12.1 Å². The average Bonchev–Trinajstić information content (AvgIpc) is 2.94. The standard InChI is InChI=1S/C16H18F3NO5/c1-15(14(22)23)7-4-8-20(15)13(21)9-24-11-5-2-3-6-12(11)25-10-16(17,18)19/h2-3,5-6H,4,7-10H2,1H3,(H,22,23). The van der Waals surface area contributed by atoms with Gasteiger partial charge in [0.05, 0.1) is 0 Å². The highest BCUT2D eigenvalue weighted by Crippen LogP contribution is 2.31. The molecule has 25 heavy (non-hydrogen) atoms. The zero-order valence-electron chi connectivity index (χ0n) is 13.5. The van der Waals surface area contributed by atoms with Gasteiger partial charge in [-0.1, -0.05) is 12.1 Å². The third-order valence-electron chi connectivity index (χ3n) is 3.99. The van der Waals surface area contributed by atoms with Crippen molar-refractivity contribution in [2.75, 3.05) is 19.8 Å². The third-order valence-corrected chi connectivity index (χ3v) is 3.99. The van der Waals surface area contributed by atoms with Crippen molar-refractivity contribution in [2.24, 2.45) is 0 Å². The normalized spacial score (nSPS) is 20.4. The van der Waals surface area contributed by atoms with Gasteiger partial charge < -0.3 is 19.5 Å². The smallest absolute Gasteiger partial charge is 0.422 e. The number of rotatable bonds is 6. The zero-order chi connectivity index (χ0) is 18.7. The van der Waals surface area contributed by atoms with Crippen LogP contribution < -0.4 is 9.47 Å². The fourth-order valence-corrected chi connectivity index (χ4v) is 2.65. The van der Waals surface area contributed by atoms with Crippen molar-refractivity contribution in [3.63, 3.8) is 0 Å².